The number of hydrogen-bond donors (Lipinski definition) is 0. The smallest absolute Gasteiger partial charge is 0.412 e. The highest BCUT2D eigenvalue weighted by Crippen LogP contribution is 2.09. The van der Waals surface area contributed by atoms with Crippen LogP contribution in [0.15, 0.2) is 30.3 Å². The monoisotopic (exact) mass is 292 g/mol. The summed E-state index contributed by atoms with van der Waals surface area (Å²) in [7, 11) is 1.53. The van der Waals surface area contributed by atoms with Gasteiger partial charge in [0, 0.05) is 20.1 Å². The summed E-state index contributed by atoms with van der Waals surface area (Å²) < 4.78 is 10.2. The van der Waals surface area contributed by atoms with E-state index in [1.807, 2.05) is 30.3 Å². The molecule has 0 atom stereocenters. The molecule has 21 heavy (non-hydrogen) atoms. The van der Waals surface area contributed by atoms with Crippen molar-refractivity contribution in [2.24, 2.45) is 0 Å². The molecule has 1 aliphatic rings. The standard InChI is InChI=1S/C15H20N2O4/c1-16(12-21-15(19)17-9-5-6-10-17)14(18)20-11-13-7-3-2-4-8-13/h2-4,7-8H,5-6,9-12H2,1H3. The molecular formula is C15H20N2O4. The molecule has 0 aliphatic carbocycles. The molecule has 1 saturated heterocycles. The molecule has 0 spiro atoms. The number of carbonyl (C=O) groups excluding carboxylic acids is 2. The lowest BCUT2D eigenvalue weighted by Crippen LogP contribution is -2.35. The van der Waals surface area contributed by atoms with Crippen molar-refractivity contribution in [3.63, 3.8) is 0 Å². The lowest BCUT2D eigenvalue weighted by atomic mass is 10.2. The number of nitrogens with zero attached hydrogens (tertiary/aromatic N) is 2. The Morgan fingerprint density at radius 2 is 1.81 bits per heavy atom. The van der Waals surface area contributed by atoms with Gasteiger partial charge < -0.3 is 14.4 Å². The number of carbonyl (C=O) groups is 2. The van der Waals surface area contributed by atoms with Gasteiger partial charge in [-0.25, -0.2) is 9.59 Å². The van der Waals surface area contributed by atoms with Crippen molar-refractivity contribution in [2.45, 2.75) is 19.4 Å². The van der Waals surface area contributed by atoms with Gasteiger partial charge in [0.15, 0.2) is 6.73 Å². The van der Waals surface area contributed by atoms with E-state index in [1.165, 1.54) is 11.9 Å². The molecule has 0 aromatic heterocycles. The molecule has 0 radical (unpaired) electrons. The fourth-order valence-electron chi connectivity index (χ4n) is 2.03. The maximum atomic E-state index is 11.7. The van der Waals surface area contributed by atoms with E-state index in [4.69, 9.17) is 9.47 Å². The summed E-state index contributed by atoms with van der Waals surface area (Å²) in [5.74, 6) is 0. The van der Waals surface area contributed by atoms with E-state index < -0.39 is 6.09 Å². The Balaban J connectivity index is 1.68. The second kappa shape index (κ2) is 7.52. The topological polar surface area (TPSA) is 59.1 Å². The first-order chi connectivity index (χ1) is 10.2. The average Bonchev–Trinajstić information content (AvgIpc) is 3.05. The van der Waals surface area contributed by atoms with Crippen LogP contribution in [0.2, 0.25) is 0 Å². The van der Waals surface area contributed by atoms with Gasteiger partial charge in [-0.3, -0.25) is 4.90 Å². The Kier molecular flexibility index (Phi) is 5.43. The SMILES string of the molecule is CN(COC(=O)N1CCCC1)C(=O)OCc1ccccc1. The van der Waals surface area contributed by atoms with E-state index in [0.29, 0.717) is 0 Å². The number of rotatable bonds is 4. The van der Waals surface area contributed by atoms with Gasteiger partial charge in [-0.15, -0.1) is 0 Å². The largest absolute Gasteiger partial charge is 0.444 e. The van der Waals surface area contributed by atoms with Crippen LogP contribution in [0.25, 0.3) is 0 Å². The zero-order valence-corrected chi connectivity index (χ0v) is 12.2. The van der Waals surface area contributed by atoms with Crippen LogP contribution in [0.4, 0.5) is 9.59 Å². The van der Waals surface area contributed by atoms with Crippen LogP contribution in [0.1, 0.15) is 18.4 Å². The van der Waals surface area contributed by atoms with Crippen molar-refractivity contribution in [1.29, 1.82) is 0 Å². The van der Waals surface area contributed by atoms with Crippen LogP contribution in [-0.2, 0) is 16.1 Å². The minimum Gasteiger partial charge on any atom is -0.444 e. The molecule has 6 nitrogen and oxygen atoms in total. The van der Waals surface area contributed by atoms with Crippen molar-refractivity contribution < 1.29 is 19.1 Å². The maximum absolute atomic E-state index is 11.7. The number of amides is 2. The minimum atomic E-state index is -0.520. The van der Waals surface area contributed by atoms with Gasteiger partial charge in [-0.05, 0) is 18.4 Å². The Bertz CT molecular complexity index is 472. The van der Waals surface area contributed by atoms with E-state index >= 15 is 0 Å². The van der Waals surface area contributed by atoms with E-state index in [-0.39, 0.29) is 19.4 Å². The molecule has 0 saturated carbocycles. The zero-order chi connectivity index (χ0) is 15.1. The first kappa shape index (κ1) is 15.2. The highest BCUT2D eigenvalue weighted by molar-refractivity contribution is 5.69. The second-order valence-corrected chi connectivity index (χ2v) is 4.97. The third-order valence-corrected chi connectivity index (χ3v) is 3.26. The first-order valence-corrected chi connectivity index (χ1v) is 7.00. The third-order valence-electron chi connectivity index (χ3n) is 3.26. The van der Waals surface area contributed by atoms with Gasteiger partial charge in [0.1, 0.15) is 6.61 Å². The molecule has 1 aliphatic heterocycles. The molecule has 114 valence electrons. The fraction of sp³-hybridized carbons (Fsp3) is 0.467. The van der Waals surface area contributed by atoms with Crippen molar-refractivity contribution in [2.75, 3.05) is 26.9 Å². The molecule has 1 heterocycles. The highest BCUT2D eigenvalue weighted by Gasteiger charge is 2.20. The van der Waals surface area contributed by atoms with E-state index in [2.05, 4.69) is 0 Å². The van der Waals surface area contributed by atoms with Crippen LogP contribution in [0.5, 0.6) is 0 Å². The highest BCUT2D eigenvalue weighted by atomic mass is 16.6. The summed E-state index contributed by atoms with van der Waals surface area (Å²) in [5.41, 5.74) is 0.910. The number of benzene rings is 1. The summed E-state index contributed by atoms with van der Waals surface area (Å²) in [6.07, 6.45) is 1.11. The lowest BCUT2D eigenvalue weighted by Gasteiger charge is -2.20. The van der Waals surface area contributed by atoms with Crippen LogP contribution in [0.3, 0.4) is 0 Å². The molecular weight excluding hydrogens is 272 g/mol. The van der Waals surface area contributed by atoms with Gasteiger partial charge >= 0.3 is 12.2 Å². The molecule has 2 amide bonds. The van der Waals surface area contributed by atoms with Crippen LogP contribution in [-0.4, -0.2) is 48.9 Å². The Morgan fingerprint density at radius 3 is 2.48 bits per heavy atom. The van der Waals surface area contributed by atoms with E-state index in [9.17, 15) is 9.59 Å². The molecule has 6 heteroatoms. The number of hydrogen-bond acceptors (Lipinski definition) is 4. The molecule has 0 N–H and O–H groups in total. The van der Waals surface area contributed by atoms with Crippen LogP contribution < -0.4 is 0 Å². The zero-order valence-electron chi connectivity index (χ0n) is 12.2. The third kappa shape index (κ3) is 4.66. The van der Waals surface area contributed by atoms with Crippen molar-refractivity contribution in [1.82, 2.24) is 9.80 Å². The van der Waals surface area contributed by atoms with Gasteiger partial charge in [-0.1, -0.05) is 30.3 Å². The molecule has 0 unspecified atom stereocenters. The van der Waals surface area contributed by atoms with Gasteiger partial charge in [0.05, 0.1) is 0 Å². The number of likely N-dealkylation sites (tertiary alicyclic amines) is 1. The first-order valence-electron chi connectivity index (χ1n) is 7.00. The van der Waals surface area contributed by atoms with E-state index in [1.54, 1.807) is 4.90 Å². The van der Waals surface area contributed by atoms with Gasteiger partial charge in [-0.2, -0.15) is 0 Å². The summed E-state index contributed by atoms with van der Waals surface area (Å²) in [4.78, 5) is 26.3. The normalized spacial score (nSPS) is 13.9. The summed E-state index contributed by atoms with van der Waals surface area (Å²) >= 11 is 0. The van der Waals surface area contributed by atoms with Crippen LogP contribution >= 0.6 is 0 Å². The van der Waals surface area contributed by atoms with Crippen molar-refractivity contribution >= 4 is 12.2 Å². The van der Waals surface area contributed by atoms with E-state index in [0.717, 1.165) is 31.5 Å². The Labute approximate surface area is 124 Å². The van der Waals surface area contributed by atoms with Gasteiger partial charge in [0.25, 0.3) is 0 Å². The second-order valence-electron chi connectivity index (χ2n) is 4.97. The van der Waals surface area contributed by atoms with Crippen LogP contribution in [0, 0.1) is 0 Å². The Morgan fingerprint density at radius 1 is 1.14 bits per heavy atom. The maximum Gasteiger partial charge on any atom is 0.412 e. The molecule has 1 aromatic rings. The quantitative estimate of drug-likeness (QED) is 0.800. The molecule has 1 aromatic carbocycles. The van der Waals surface area contributed by atoms with Crippen molar-refractivity contribution in [3.05, 3.63) is 35.9 Å². The Hall–Kier alpha value is -2.24. The lowest BCUT2D eigenvalue weighted by molar-refractivity contribution is 0.0433. The molecule has 2 rings (SSSR count). The predicted octanol–water partition coefficient (Wildman–Crippen LogP) is 2.44. The number of ether oxygens (including phenoxy) is 2. The summed E-state index contributed by atoms with van der Waals surface area (Å²) in [6, 6.07) is 9.41. The van der Waals surface area contributed by atoms with Gasteiger partial charge in [0.2, 0.25) is 0 Å². The molecule has 0 bridgehead atoms. The summed E-state index contributed by atoms with van der Waals surface area (Å²) in [6.45, 7) is 1.54. The van der Waals surface area contributed by atoms with Crippen molar-refractivity contribution in [3.8, 4) is 0 Å². The predicted molar refractivity (Wildman–Crippen MR) is 76.5 cm³/mol. The minimum absolute atomic E-state index is 0.108. The average molecular weight is 292 g/mol. The summed E-state index contributed by atoms with van der Waals surface area (Å²) in [5, 5.41) is 0. The molecule has 1 fully saturated rings. The fourth-order valence-corrected chi connectivity index (χ4v) is 2.03.